The Bertz CT molecular complexity index is 741. The SMILES string of the molecule is C=Cc1ccc(OC)c(OC)c1-c1c(Br)cccc1OC(OC)OC. The third-order valence-electron chi connectivity index (χ3n) is 3.63. The zero-order valence-corrected chi connectivity index (χ0v) is 16.3. The van der Waals surface area contributed by atoms with E-state index in [1.165, 1.54) is 14.2 Å². The summed E-state index contributed by atoms with van der Waals surface area (Å²) in [5, 5.41) is 0. The van der Waals surface area contributed by atoms with Crippen LogP contribution in [0.1, 0.15) is 5.56 Å². The molecule has 0 aromatic heterocycles. The summed E-state index contributed by atoms with van der Waals surface area (Å²) in [4.78, 5) is 0. The maximum Gasteiger partial charge on any atom is 0.315 e. The third-order valence-corrected chi connectivity index (χ3v) is 4.29. The zero-order valence-electron chi connectivity index (χ0n) is 14.7. The van der Waals surface area contributed by atoms with Crippen molar-refractivity contribution in [1.82, 2.24) is 0 Å². The van der Waals surface area contributed by atoms with Crippen LogP contribution in [0.15, 0.2) is 41.4 Å². The number of ether oxygens (including phenoxy) is 5. The van der Waals surface area contributed by atoms with Crippen LogP contribution in [0.5, 0.6) is 17.2 Å². The van der Waals surface area contributed by atoms with E-state index in [2.05, 4.69) is 22.5 Å². The average Bonchev–Trinajstić information content (AvgIpc) is 2.65. The van der Waals surface area contributed by atoms with Gasteiger partial charge in [-0.1, -0.05) is 40.7 Å². The van der Waals surface area contributed by atoms with Crippen LogP contribution in [-0.2, 0) is 9.47 Å². The second-order valence-corrected chi connectivity index (χ2v) is 5.81. The van der Waals surface area contributed by atoms with Crippen molar-refractivity contribution in [3.05, 3.63) is 46.9 Å². The summed E-state index contributed by atoms with van der Waals surface area (Å²) in [6, 6.07) is 9.37. The monoisotopic (exact) mass is 408 g/mol. The molecule has 0 saturated carbocycles. The fourth-order valence-corrected chi connectivity index (χ4v) is 3.06. The van der Waals surface area contributed by atoms with Crippen LogP contribution in [-0.4, -0.2) is 34.9 Å². The molecule has 0 fully saturated rings. The van der Waals surface area contributed by atoms with Gasteiger partial charge >= 0.3 is 6.48 Å². The number of hydrogen-bond donors (Lipinski definition) is 0. The van der Waals surface area contributed by atoms with Crippen molar-refractivity contribution in [3.8, 4) is 28.4 Å². The first-order chi connectivity index (χ1) is 12.1. The first-order valence-electron chi connectivity index (χ1n) is 7.49. The van der Waals surface area contributed by atoms with E-state index in [1.54, 1.807) is 20.3 Å². The molecule has 0 aliphatic rings. The van der Waals surface area contributed by atoms with Gasteiger partial charge in [-0.15, -0.1) is 0 Å². The lowest BCUT2D eigenvalue weighted by molar-refractivity contribution is -0.218. The van der Waals surface area contributed by atoms with E-state index >= 15 is 0 Å². The van der Waals surface area contributed by atoms with Gasteiger partial charge in [0.15, 0.2) is 11.5 Å². The van der Waals surface area contributed by atoms with E-state index in [9.17, 15) is 0 Å². The quantitative estimate of drug-likeness (QED) is 0.590. The van der Waals surface area contributed by atoms with E-state index in [4.69, 9.17) is 23.7 Å². The topological polar surface area (TPSA) is 46.2 Å². The largest absolute Gasteiger partial charge is 0.493 e. The number of rotatable bonds is 8. The minimum absolute atomic E-state index is 0.567. The molecule has 0 heterocycles. The Morgan fingerprint density at radius 3 is 2.20 bits per heavy atom. The van der Waals surface area contributed by atoms with Crippen LogP contribution in [0, 0.1) is 0 Å². The molecule has 2 aromatic carbocycles. The molecule has 0 N–H and O–H groups in total. The van der Waals surface area contributed by atoms with Crippen LogP contribution in [0.4, 0.5) is 0 Å². The second-order valence-electron chi connectivity index (χ2n) is 4.96. The van der Waals surface area contributed by atoms with Crippen LogP contribution in [0.25, 0.3) is 17.2 Å². The fraction of sp³-hybridized carbons (Fsp3) is 0.263. The molecule has 134 valence electrons. The minimum atomic E-state index is -0.836. The van der Waals surface area contributed by atoms with Gasteiger partial charge in [0.05, 0.1) is 14.2 Å². The summed E-state index contributed by atoms with van der Waals surface area (Å²) in [6.45, 7) is 3.06. The predicted octanol–water partition coefficient (Wildman–Crippen LogP) is 4.73. The number of methoxy groups -OCH3 is 4. The van der Waals surface area contributed by atoms with Gasteiger partial charge in [-0.25, -0.2) is 0 Å². The molecule has 25 heavy (non-hydrogen) atoms. The molecular weight excluding hydrogens is 388 g/mol. The Hall–Kier alpha value is -2.02. The molecule has 0 aliphatic carbocycles. The Labute approximate surface area is 156 Å². The summed E-state index contributed by atoms with van der Waals surface area (Å²) in [7, 11) is 6.21. The summed E-state index contributed by atoms with van der Waals surface area (Å²) < 4.78 is 28.0. The lowest BCUT2D eigenvalue weighted by atomic mass is 9.97. The van der Waals surface area contributed by atoms with Gasteiger partial charge in [0.2, 0.25) is 0 Å². The average molecular weight is 409 g/mol. The number of benzene rings is 2. The minimum Gasteiger partial charge on any atom is -0.493 e. The van der Waals surface area contributed by atoms with Crippen molar-refractivity contribution in [2.75, 3.05) is 28.4 Å². The van der Waals surface area contributed by atoms with Gasteiger partial charge in [-0.2, -0.15) is 0 Å². The predicted molar refractivity (Wildman–Crippen MR) is 101 cm³/mol. The summed E-state index contributed by atoms with van der Waals surface area (Å²) in [5.74, 6) is 1.76. The molecule has 0 amide bonds. The van der Waals surface area contributed by atoms with Gasteiger partial charge in [0.25, 0.3) is 0 Å². The second kappa shape index (κ2) is 8.89. The van der Waals surface area contributed by atoms with Gasteiger partial charge in [0, 0.05) is 29.8 Å². The van der Waals surface area contributed by atoms with Gasteiger partial charge < -0.3 is 23.7 Å². The molecular formula is C19H21BrO5. The van der Waals surface area contributed by atoms with Crippen molar-refractivity contribution < 1.29 is 23.7 Å². The standard InChI is InChI=1S/C19H21BrO5/c1-6-12-10-11-15(21-2)18(22-3)16(12)17-13(20)8-7-9-14(17)25-19(23-4)24-5/h6-11,19H,1H2,2-5H3. The normalized spacial score (nSPS) is 10.6. The van der Waals surface area contributed by atoms with E-state index in [-0.39, 0.29) is 0 Å². The van der Waals surface area contributed by atoms with Crippen LogP contribution in [0.3, 0.4) is 0 Å². The van der Waals surface area contributed by atoms with Crippen molar-refractivity contribution in [3.63, 3.8) is 0 Å². The maximum atomic E-state index is 5.85. The summed E-state index contributed by atoms with van der Waals surface area (Å²) in [5.41, 5.74) is 2.46. The highest BCUT2D eigenvalue weighted by Crippen LogP contribution is 2.47. The molecule has 0 unspecified atom stereocenters. The highest BCUT2D eigenvalue weighted by atomic mass is 79.9. The van der Waals surface area contributed by atoms with Crippen molar-refractivity contribution in [1.29, 1.82) is 0 Å². The molecule has 2 aromatic rings. The van der Waals surface area contributed by atoms with E-state index in [0.29, 0.717) is 17.2 Å². The van der Waals surface area contributed by atoms with Gasteiger partial charge in [-0.05, 0) is 23.8 Å². The maximum absolute atomic E-state index is 5.85. The van der Waals surface area contributed by atoms with Gasteiger partial charge in [0.1, 0.15) is 5.75 Å². The Morgan fingerprint density at radius 2 is 1.64 bits per heavy atom. The first-order valence-corrected chi connectivity index (χ1v) is 8.29. The van der Waals surface area contributed by atoms with Crippen molar-refractivity contribution >= 4 is 22.0 Å². The Kier molecular flexibility index (Phi) is 6.87. The molecule has 0 aliphatic heterocycles. The van der Waals surface area contributed by atoms with Crippen LogP contribution >= 0.6 is 15.9 Å². The summed E-state index contributed by atoms with van der Waals surface area (Å²) >= 11 is 3.60. The highest BCUT2D eigenvalue weighted by Gasteiger charge is 2.22. The number of halogens is 1. The fourth-order valence-electron chi connectivity index (χ4n) is 2.51. The van der Waals surface area contributed by atoms with Crippen molar-refractivity contribution in [2.45, 2.75) is 6.48 Å². The molecule has 0 spiro atoms. The highest BCUT2D eigenvalue weighted by molar-refractivity contribution is 9.10. The van der Waals surface area contributed by atoms with Gasteiger partial charge in [-0.3, -0.25) is 0 Å². The molecule has 0 radical (unpaired) electrons. The smallest absolute Gasteiger partial charge is 0.315 e. The van der Waals surface area contributed by atoms with Crippen molar-refractivity contribution in [2.24, 2.45) is 0 Å². The lowest BCUT2D eigenvalue weighted by Gasteiger charge is -2.21. The molecule has 0 bridgehead atoms. The van der Waals surface area contributed by atoms with Crippen LogP contribution < -0.4 is 14.2 Å². The zero-order chi connectivity index (χ0) is 18.4. The first kappa shape index (κ1) is 19.3. The third kappa shape index (κ3) is 3.98. The van der Waals surface area contributed by atoms with E-state index in [0.717, 1.165) is 21.2 Å². The van der Waals surface area contributed by atoms with Crippen LogP contribution in [0.2, 0.25) is 0 Å². The lowest BCUT2D eigenvalue weighted by Crippen LogP contribution is -2.21. The van der Waals surface area contributed by atoms with E-state index in [1.807, 2.05) is 30.3 Å². The van der Waals surface area contributed by atoms with E-state index < -0.39 is 6.48 Å². The Morgan fingerprint density at radius 1 is 0.920 bits per heavy atom. The molecule has 5 nitrogen and oxygen atoms in total. The Balaban J connectivity index is 2.75. The molecule has 0 saturated heterocycles. The molecule has 2 rings (SSSR count). The molecule has 0 atom stereocenters. The summed E-state index contributed by atoms with van der Waals surface area (Å²) in [6.07, 6.45) is 1.75. The number of hydrogen-bond acceptors (Lipinski definition) is 5. The molecule has 6 heteroatoms.